The zero-order valence-electron chi connectivity index (χ0n) is 11.5. The van der Waals surface area contributed by atoms with Crippen LogP contribution in [0, 0.1) is 0 Å². The monoisotopic (exact) mass is 282 g/mol. The lowest BCUT2D eigenvalue weighted by atomic mass is 10.1. The molecule has 1 heterocycles. The number of rotatable bonds is 4. The molecule has 0 amide bonds. The minimum Gasteiger partial charge on any atom is -0.394 e. The normalized spacial score (nSPS) is 20.4. The number of nitrogens with one attached hydrogen (secondary N) is 1. The van der Waals surface area contributed by atoms with Gasteiger partial charge in [-0.2, -0.15) is 0 Å². The fourth-order valence-electron chi connectivity index (χ4n) is 2.78. The van der Waals surface area contributed by atoms with Crippen molar-refractivity contribution in [3.05, 3.63) is 28.8 Å². The molecule has 1 atom stereocenters. The molecular weight excluding hydrogens is 260 g/mol. The fourth-order valence-corrected chi connectivity index (χ4v) is 3.09. The molecule has 0 aromatic heterocycles. The van der Waals surface area contributed by atoms with E-state index in [0.29, 0.717) is 0 Å². The summed E-state index contributed by atoms with van der Waals surface area (Å²) in [6, 6.07) is 6.42. The summed E-state index contributed by atoms with van der Waals surface area (Å²) >= 11 is 6.42. The van der Waals surface area contributed by atoms with Crippen molar-refractivity contribution >= 4 is 17.3 Å². The van der Waals surface area contributed by atoms with Crippen LogP contribution in [0.3, 0.4) is 0 Å². The molecule has 1 aromatic carbocycles. The van der Waals surface area contributed by atoms with Crippen LogP contribution in [0.4, 0.5) is 5.69 Å². The summed E-state index contributed by atoms with van der Waals surface area (Å²) in [7, 11) is 1.93. The number of hydrogen-bond acceptors (Lipinski definition) is 3. The third-order valence-corrected chi connectivity index (χ3v) is 4.09. The number of hydrogen-bond donors (Lipinski definition) is 2. The van der Waals surface area contributed by atoms with Gasteiger partial charge in [-0.1, -0.05) is 30.5 Å². The molecule has 106 valence electrons. The number of nitrogens with zero attached hydrogens (tertiary/aromatic N) is 1. The Kier molecular flexibility index (Phi) is 5.49. The maximum Gasteiger partial charge on any atom is 0.0642 e. The van der Waals surface area contributed by atoms with Crippen LogP contribution in [0.25, 0.3) is 0 Å². The fraction of sp³-hybridized carbons (Fsp3) is 0.600. The standard InChI is InChI=1S/C15H23ClN2O/c1-17-10-12-6-7-15(14(16)9-12)18-8-4-2-3-5-13(18)11-19/h6-7,9,13,17,19H,2-5,8,10-11H2,1H3. The van der Waals surface area contributed by atoms with Crippen molar-refractivity contribution in [3.8, 4) is 0 Å². The van der Waals surface area contributed by atoms with Gasteiger partial charge >= 0.3 is 0 Å². The Hall–Kier alpha value is -0.770. The van der Waals surface area contributed by atoms with E-state index in [0.717, 1.165) is 30.2 Å². The van der Waals surface area contributed by atoms with Gasteiger partial charge in [-0.3, -0.25) is 0 Å². The molecule has 1 aliphatic rings. The van der Waals surface area contributed by atoms with E-state index >= 15 is 0 Å². The van der Waals surface area contributed by atoms with Crippen molar-refractivity contribution in [1.29, 1.82) is 0 Å². The largest absolute Gasteiger partial charge is 0.394 e. The van der Waals surface area contributed by atoms with Gasteiger partial charge in [-0.05, 0) is 37.6 Å². The van der Waals surface area contributed by atoms with Crippen LogP contribution >= 0.6 is 11.6 Å². The second-order valence-electron chi connectivity index (χ2n) is 5.20. The van der Waals surface area contributed by atoms with Gasteiger partial charge in [0.1, 0.15) is 0 Å². The first kappa shape index (κ1) is 14.6. The van der Waals surface area contributed by atoms with Crippen LogP contribution in [0.1, 0.15) is 31.2 Å². The quantitative estimate of drug-likeness (QED) is 0.891. The molecule has 2 N–H and O–H groups in total. The van der Waals surface area contributed by atoms with Crippen molar-refractivity contribution in [2.75, 3.05) is 25.1 Å². The van der Waals surface area contributed by atoms with Crippen LogP contribution in [0.5, 0.6) is 0 Å². The number of benzene rings is 1. The molecule has 2 rings (SSSR count). The van der Waals surface area contributed by atoms with Gasteiger partial charge in [0.05, 0.1) is 23.4 Å². The summed E-state index contributed by atoms with van der Waals surface area (Å²) < 4.78 is 0. The van der Waals surface area contributed by atoms with Crippen LogP contribution in [0.2, 0.25) is 5.02 Å². The molecule has 0 radical (unpaired) electrons. The van der Waals surface area contributed by atoms with Gasteiger partial charge < -0.3 is 15.3 Å². The van der Waals surface area contributed by atoms with Crippen molar-refractivity contribution < 1.29 is 5.11 Å². The molecule has 19 heavy (non-hydrogen) atoms. The second kappa shape index (κ2) is 7.13. The van der Waals surface area contributed by atoms with Crippen molar-refractivity contribution in [2.45, 2.75) is 38.3 Å². The number of anilines is 1. The average Bonchev–Trinajstić information content (AvgIpc) is 2.64. The maximum absolute atomic E-state index is 9.58. The lowest BCUT2D eigenvalue weighted by Crippen LogP contribution is -2.37. The van der Waals surface area contributed by atoms with Gasteiger partial charge in [0.25, 0.3) is 0 Å². The molecular formula is C15H23ClN2O. The SMILES string of the molecule is CNCc1ccc(N2CCCCCC2CO)c(Cl)c1. The van der Waals surface area contributed by atoms with E-state index in [4.69, 9.17) is 11.6 Å². The van der Waals surface area contributed by atoms with Gasteiger partial charge in [-0.15, -0.1) is 0 Å². The first-order valence-electron chi connectivity index (χ1n) is 7.06. The van der Waals surface area contributed by atoms with E-state index in [1.807, 2.05) is 13.1 Å². The Morgan fingerprint density at radius 2 is 2.21 bits per heavy atom. The van der Waals surface area contributed by atoms with E-state index in [2.05, 4.69) is 22.3 Å². The molecule has 1 saturated heterocycles. The predicted molar refractivity (Wildman–Crippen MR) is 80.9 cm³/mol. The molecule has 1 aliphatic heterocycles. The van der Waals surface area contributed by atoms with E-state index in [9.17, 15) is 5.11 Å². The third-order valence-electron chi connectivity index (χ3n) is 3.79. The van der Waals surface area contributed by atoms with Crippen LogP contribution < -0.4 is 10.2 Å². The summed E-state index contributed by atoms with van der Waals surface area (Å²) in [6.07, 6.45) is 4.65. The Bertz CT molecular complexity index is 411. The average molecular weight is 283 g/mol. The minimum atomic E-state index is 0.203. The Balaban J connectivity index is 2.23. The summed E-state index contributed by atoms with van der Waals surface area (Å²) in [4.78, 5) is 2.28. The third kappa shape index (κ3) is 3.62. The zero-order valence-corrected chi connectivity index (χ0v) is 12.3. The summed E-state index contributed by atoms with van der Waals surface area (Å²) in [5.41, 5.74) is 2.24. The molecule has 0 bridgehead atoms. The van der Waals surface area contributed by atoms with Crippen LogP contribution in [-0.2, 0) is 6.54 Å². The van der Waals surface area contributed by atoms with Crippen molar-refractivity contribution in [2.24, 2.45) is 0 Å². The van der Waals surface area contributed by atoms with Crippen LogP contribution in [-0.4, -0.2) is 31.3 Å². The molecule has 1 fully saturated rings. The maximum atomic E-state index is 9.58. The summed E-state index contributed by atoms with van der Waals surface area (Å²) in [5.74, 6) is 0. The first-order valence-corrected chi connectivity index (χ1v) is 7.44. The first-order chi connectivity index (χ1) is 9.26. The van der Waals surface area contributed by atoms with E-state index in [1.54, 1.807) is 0 Å². The molecule has 4 heteroatoms. The second-order valence-corrected chi connectivity index (χ2v) is 5.60. The molecule has 0 spiro atoms. The topological polar surface area (TPSA) is 35.5 Å². The van der Waals surface area contributed by atoms with Gasteiger partial charge in [0, 0.05) is 13.1 Å². The molecule has 3 nitrogen and oxygen atoms in total. The lowest BCUT2D eigenvalue weighted by molar-refractivity contribution is 0.255. The summed E-state index contributed by atoms with van der Waals surface area (Å²) in [5, 5.41) is 13.5. The van der Waals surface area contributed by atoms with E-state index in [1.165, 1.54) is 24.8 Å². The minimum absolute atomic E-state index is 0.203. The summed E-state index contributed by atoms with van der Waals surface area (Å²) in [6.45, 7) is 2.01. The van der Waals surface area contributed by atoms with Gasteiger partial charge in [-0.25, -0.2) is 0 Å². The molecule has 0 saturated carbocycles. The van der Waals surface area contributed by atoms with Gasteiger partial charge in [0.15, 0.2) is 0 Å². The molecule has 1 unspecified atom stereocenters. The number of halogens is 1. The smallest absolute Gasteiger partial charge is 0.0642 e. The Morgan fingerprint density at radius 3 is 2.89 bits per heavy atom. The highest BCUT2D eigenvalue weighted by molar-refractivity contribution is 6.33. The van der Waals surface area contributed by atoms with E-state index < -0.39 is 0 Å². The van der Waals surface area contributed by atoms with Crippen molar-refractivity contribution in [3.63, 3.8) is 0 Å². The Labute approximate surface area is 120 Å². The predicted octanol–water partition coefficient (Wildman–Crippen LogP) is 2.80. The molecule has 0 aliphatic carbocycles. The Morgan fingerprint density at radius 1 is 1.37 bits per heavy atom. The highest BCUT2D eigenvalue weighted by Crippen LogP contribution is 2.31. The highest BCUT2D eigenvalue weighted by atomic mass is 35.5. The number of aliphatic hydroxyl groups excluding tert-OH is 1. The van der Waals surface area contributed by atoms with E-state index in [-0.39, 0.29) is 12.6 Å². The molecule has 1 aromatic rings. The zero-order chi connectivity index (χ0) is 13.7. The highest BCUT2D eigenvalue weighted by Gasteiger charge is 2.22. The van der Waals surface area contributed by atoms with Crippen molar-refractivity contribution in [1.82, 2.24) is 5.32 Å². The van der Waals surface area contributed by atoms with Crippen LogP contribution in [0.15, 0.2) is 18.2 Å². The number of aliphatic hydroxyl groups is 1. The lowest BCUT2D eigenvalue weighted by Gasteiger charge is -2.31. The van der Waals surface area contributed by atoms with Gasteiger partial charge in [0.2, 0.25) is 0 Å².